The van der Waals surface area contributed by atoms with E-state index in [0.29, 0.717) is 52.2 Å². The molecule has 4 amide bonds. The Morgan fingerprint density at radius 2 is 0.984 bits per heavy atom. The molecule has 17 nitrogen and oxygen atoms in total. The molecule has 1 fully saturated rings. The number of hydrogen-bond acceptors (Lipinski definition) is 11. The van der Waals surface area contributed by atoms with Gasteiger partial charge in [-0.1, -0.05) is 77.0 Å². The molecule has 61 heavy (non-hydrogen) atoms. The Hall–Kier alpha value is -3.67. The summed E-state index contributed by atoms with van der Waals surface area (Å²) in [4.78, 5) is 82.5. The molecule has 17 heteroatoms. The number of nitrogens with one attached hydrogen (secondary N) is 4. The molecule has 6 N–H and O–H groups in total. The van der Waals surface area contributed by atoms with Crippen LogP contribution < -0.4 is 21.3 Å². The van der Waals surface area contributed by atoms with Crippen LogP contribution in [0.1, 0.15) is 148 Å². The van der Waals surface area contributed by atoms with Crippen LogP contribution >= 0.6 is 0 Å². The summed E-state index contributed by atoms with van der Waals surface area (Å²) in [6.45, 7) is 3.95. The lowest BCUT2D eigenvalue weighted by Crippen LogP contribution is -2.45. The second-order valence-corrected chi connectivity index (χ2v) is 16.0. The average molecular weight is 871 g/mol. The van der Waals surface area contributed by atoms with Crippen molar-refractivity contribution >= 4 is 41.4 Å². The molecule has 0 aliphatic heterocycles. The second-order valence-electron chi connectivity index (χ2n) is 16.0. The number of rotatable bonds is 41. The molecule has 1 aliphatic carbocycles. The number of carboxylic acid groups (broad SMARTS) is 2. The van der Waals surface area contributed by atoms with Crippen molar-refractivity contribution in [2.24, 2.45) is 11.8 Å². The third kappa shape index (κ3) is 34.6. The minimum absolute atomic E-state index is 0.0471. The minimum Gasteiger partial charge on any atom is -0.481 e. The van der Waals surface area contributed by atoms with Crippen LogP contribution in [0.5, 0.6) is 0 Å². The number of carbonyl (C=O) groups is 7. The van der Waals surface area contributed by atoms with Crippen LogP contribution in [0.4, 0.5) is 0 Å². The Morgan fingerprint density at radius 3 is 1.49 bits per heavy atom. The first-order valence-electron chi connectivity index (χ1n) is 22.8. The van der Waals surface area contributed by atoms with Gasteiger partial charge < -0.3 is 50.4 Å². The average Bonchev–Trinajstić information content (AvgIpc) is 3.23. The Morgan fingerprint density at radius 1 is 0.525 bits per heavy atom. The maximum absolute atomic E-state index is 12.9. The van der Waals surface area contributed by atoms with Crippen LogP contribution in [0, 0.1) is 11.8 Å². The van der Waals surface area contributed by atoms with Gasteiger partial charge in [-0.25, -0.2) is 4.79 Å². The third-order valence-electron chi connectivity index (χ3n) is 10.5. The van der Waals surface area contributed by atoms with Gasteiger partial charge in [-0.2, -0.15) is 0 Å². The molecule has 1 unspecified atom stereocenters. The van der Waals surface area contributed by atoms with E-state index < -0.39 is 18.0 Å². The molecular weight excluding hydrogens is 792 g/mol. The van der Waals surface area contributed by atoms with E-state index in [1.165, 1.54) is 58.3 Å². The van der Waals surface area contributed by atoms with Crippen molar-refractivity contribution in [1.29, 1.82) is 0 Å². The van der Waals surface area contributed by atoms with E-state index in [4.69, 9.17) is 24.1 Å². The van der Waals surface area contributed by atoms with Gasteiger partial charge in [0.25, 0.3) is 0 Å². The van der Waals surface area contributed by atoms with Crippen LogP contribution in [0.25, 0.3) is 0 Å². The number of ether oxygens (including phenoxy) is 4. The standard InChI is InChI=1S/C44H78N4O13/c1-35(49)33-60-30-28-59-27-25-46-41(52)34-61-31-29-58-26-24-45-40(51)23-22-38(44(56)57)48-43(55)37-20-18-36(19-21-37)32-47-39(50)16-14-12-10-8-6-4-2-3-5-7-9-11-13-15-17-42(53)54/h36-38H,2-34H2,1H3,(H,45,51)(H,46,52)(H,47,50)(H,48,55)(H,53,54)(H,56,57)/t36-,37-,38?. The van der Waals surface area contributed by atoms with Crippen molar-refractivity contribution in [2.75, 3.05) is 72.5 Å². The van der Waals surface area contributed by atoms with Crippen LogP contribution in [0.3, 0.4) is 0 Å². The number of unbranched alkanes of at least 4 members (excludes halogenated alkanes) is 13. The van der Waals surface area contributed by atoms with Gasteiger partial charge in [0.1, 0.15) is 19.3 Å². The number of carbonyl (C=O) groups excluding carboxylic acids is 5. The lowest BCUT2D eigenvalue weighted by atomic mass is 9.81. The molecule has 0 aromatic carbocycles. The fraction of sp³-hybridized carbons (Fsp3) is 0.841. The molecule has 0 saturated heterocycles. The Bertz CT molecular complexity index is 1230. The second kappa shape index (κ2) is 38.0. The Labute approximate surface area is 363 Å². The zero-order chi connectivity index (χ0) is 44.8. The molecule has 0 radical (unpaired) electrons. The predicted molar refractivity (Wildman–Crippen MR) is 229 cm³/mol. The van der Waals surface area contributed by atoms with Gasteiger partial charge in [-0.05, 0) is 57.8 Å². The summed E-state index contributed by atoms with van der Waals surface area (Å²) in [7, 11) is 0. The van der Waals surface area contributed by atoms with E-state index in [1.54, 1.807) is 0 Å². The van der Waals surface area contributed by atoms with Crippen LogP contribution in [-0.4, -0.2) is 130 Å². The fourth-order valence-electron chi connectivity index (χ4n) is 6.97. The third-order valence-corrected chi connectivity index (χ3v) is 10.5. The van der Waals surface area contributed by atoms with E-state index in [1.807, 2.05) is 0 Å². The molecular formula is C44H78N4O13. The highest BCUT2D eigenvalue weighted by Gasteiger charge is 2.29. The van der Waals surface area contributed by atoms with Crippen molar-refractivity contribution in [1.82, 2.24) is 21.3 Å². The van der Waals surface area contributed by atoms with Crippen molar-refractivity contribution < 1.29 is 62.7 Å². The molecule has 1 rings (SSSR count). The fourth-order valence-corrected chi connectivity index (χ4v) is 6.97. The van der Waals surface area contributed by atoms with Crippen molar-refractivity contribution in [3.05, 3.63) is 0 Å². The highest BCUT2D eigenvalue weighted by molar-refractivity contribution is 5.85. The minimum atomic E-state index is -1.20. The quantitative estimate of drug-likeness (QED) is 0.0465. The first-order valence-corrected chi connectivity index (χ1v) is 22.8. The smallest absolute Gasteiger partial charge is 0.326 e. The molecule has 352 valence electrons. The highest BCUT2D eigenvalue weighted by Crippen LogP contribution is 2.29. The summed E-state index contributed by atoms with van der Waals surface area (Å²) in [6, 6.07) is -1.18. The SMILES string of the molecule is CC(=O)COCCOCCNC(=O)COCCOCCNC(=O)CCC(NC(=O)[C@H]1CC[C@H](CNC(=O)CCCCCCCCCCCCCCCCC(=O)O)CC1)C(=O)O. The lowest BCUT2D eigenvalue weighted by Gasteiger charge is -2.28. The van der Waals surface area contributed by atoms with Gasteiger partial charge in [-0.3, -0.25) is 28.8 Å². The van der Waals surface area contributed by atoms with Gasteiger partial charge in [0.15, 0.2) is 5.78 Å². The first-order chi connectivity index (χ1) is 29.5. The summed E-state index contributed by atoms with van der Waals surface area (Å²) in [6.07, 6.45) is 19.4. The summed E-state index contributed by atoms with van der Waals surface area (Å²) >= 11 is 0. The Balaban J connectivity index is 2.01. The molecule has 0 heterocycles. The van der Waals surface area contributed by atoms with Gasteiger partial charge in [-0.15, -0.1) is 0 Å². The van der Waals surface area contributed by atoms with Crippen LogP contribution in [0.15, 0.2) is 0 Å². The zero-order valence-corrected chi connectivity index (χ0v) is 37.0. The van der Waals surface area contributed by atoms with Crippen LogP contribution in [-0.2, 0) is 52.5 Å². The first kappa shape index (κ1) is 55.3. The normalized spacial score (nSPS) is 15.4. The molecule has 0 aromatic rings. The van der Waals surface area contributed by atoms with Crippen molar-refractivity contribution in [3.8, 4) is 0 Å². The number of carboxylic acids is 2. The summed E-state index contributed by atoms with van der Waals surface area (Å²) in [5, 5.41) is 29.3. The van der Waals surface area contributed by atoms with Gasteiger partial charge in [0.05, 0.1) is 39.6 Å². The largest absolute Gasteiger partial charge is 0.481 e. The molecule has 1 aliphatic rings. The van der Waals surface area contributed by atoms with E-state index in [9.17, 15) is 38.7 Å². The number of ketones is 1. The van der Waals surface area contributed by atoms with Crippen LogP contribution in [0.2, 0.25) is 0 Å². The monoisotopic (exact) mass is 871 g/mol. The molecule has 1 atom stereocenters. The van der Waals surface area contributed by atoms with E-state index in [-0.39, 0.29) is 100 Å². The predicted octanol–water partition coefficient (Wildman–Crippen LogP) is 4.47. The number of amides is 4. The maximum atomic E-state index is 12.9. The number of hydrogen-bond donors (Lipinski definition) is 6. The van der Waals surface area contributed by atoms with E-state index in [0.717, 1.165) is 51.4 Å². The lowest BCUT2D eigenvalue weighted by molar-refractivity contribution is -0.143. The summed E-state index contributed by atoms with van der Waals surface area (Å²) in [5.74, 6) is -2.89. The topological polar surface area (TPSA) is 245 Å². The van der Waals surface area contributed by atoms with Gasteiger partial charge in [0, 0.05) is 44.8 Å². The Kier molecular flexibility index (Phi) is 34.5. The molecule has 0 spiro atoms. The van der Waals surface area contributed by atoms with Crippen molar-refractivity contribution in [3.63, 3.8) is 0 Å². The van der Waals surface area contributed by atoms with E-state index >= 15 is 0 Å². The van der Waals surface area contributed by atoms with E-state index in [2.05, 4.69) is 21.3 Å². The summed E-state index contributed by atoms with van der Waals surface area (Å²) < 4.78 is 21.0. The molecule has 1 saturated carbocycles. The zero-order valence-electron chi connectivity index (χ0n) is 37.0. The van der Waals surface area contributed by atoms with Gasteiger partial charge >= 0.3 is 11.9 Å². The molecule has 0 aromatic heterocycles. The maximum Gasteiger partial charge on any atom is 0.326 e. The highest BCUT2D eigenvalue weighted by atomic mass is 16.5. The van der Waals surface area contributed by atoms with Gasteiger partial charge in [0.2, 0.25) is 23.6 Å². The molecule has 0 bridgehead atoms. The van der Waals surface area contributed by atoms with Crippen molar-refractivity contribution in [2.45, 2.75) is 154 Å². The number of Topliss-reactive ketones (excluding diaryl/α,β-unsaturated/α-hetero) is 1. The summed E-state index contributed by atoms with van der Waals surface area (Å²) in [5.41, 5.74) is 0. The number of aliphatic carboxylic acids is 2.